The number of ether oxygens (including phenoxy) is 1. The van der Waals surface area contributed by atoms with Gasteiger partial charge in [-0.1, -0.05) is 6.07 Å². The molecule has 24 heavy (non-hydrogen) atoms. The Labute approximate surface area is 141 Å². The molecule has 0 N–H and O–H groups in total. The zero-order chi connectivity index (χ0) is 16.9. The van der Waals surface area contributed by atoms with Crippen LogP contribution in [0.3, 0.4) is 0 Å². The largest absolute Gasteiger partial charge is 0.494 e. The number of rotatable bonds is 5. The monoisotopic (exact) mass is 328 g/mol. The number of benzene rings is 1. The fourth-order valence-electron chi connectivity index (χ4n) is 3.19. The molecular weight excluding hydrogens is 307 g/mol. The average molecular weight is 328 g/mol. The molecule has 1 atom stereocenters. The Balaban J connectivity index is 1.67. The predicted octanol–water partition coefficient (Wildman–Crippen LogP) is 3.32. The standard InChI is InChI=1S/C19H21FN2O2/c1-24-18-8-7-14(11-17(18)20)19(23)15-5-4-10-22(12-15)13-16-6-2-3-9-21-16/h2-3,6-9,11,15H,4-5,10,12-13H2,1H3/t15-/m0/s1. The van der Waals surface area contributed by atoms with Gasteiger partial charge in [0.05, 0.1) is 12.8 Å². The first-order valence-corrected chi connectivity index (χ1v) is 8.17. The van der Waals surface area contributed by atoms with Crippen LogP contribution in [0.25, 0.3) is 0 Å². The van der Waals surface area contributed by atoms with E-state index >= 15 is 0 Å². The summed E-state index contributed by atoms with van der Waals surface area (Å²) < 4.78 is 18.8. The van der Waals surface area contributed by atoms with E-state index in [1.165, 1.54) is 19.2 Å². The number of carbonyl (C=O) groups is 1. The lowest BCUT2D eigenvalue weighted by Gasteiger charge is -2.31. The normalized spacial score (nSPS) is 18.3. The maximum Gasteiger partial charge on any atom is 0.167 e. The lowest BCUT2D eigenvalue weighted by Crippen LogP contribution is -2.38. The molecule has 0 spiro atoms. The number of piperidine rings is 1. The smallest absolute Gasteiger partial charge is 0.167 e. The van der Waals surface area contributed by atoms with E-state index in [0.717, 1.165) is 31.6 Å². The van der Waals surface area contributed by atoms with Crippen LogP contribution in [0.15, 0.2) is 42.6 Å². The second-order valence-corrected chi connectivity index (χ2v) is 6.11. The van der Waals surface area contributed by atoms with E-state index in [9.17, 15) is 9.18 Å². The molecule has 0 bridgehead atoms. The fourth-order valence-corrected chi connectivity index (χ4v) is 3.19. The van der Waals surface area contributed by atoms with Crippen LogP contribution in [0.2, 0.25) is 0 Å². The molecule has 2 heterocycles. The average Bonchev–Trinajstić information content (AvgIpc) is 2.62. The SMILES string of the molecule is COc1ccc(C(=O)[C@H]2CCCN(Cc3ccccn3)C2)cc1F. The van der Waals surface area contributed by atoms with Crippen molar-refractivity contribution in [2.45, 2.75) is 19.4 Å². The Morgan fingerprint density at radius 2 is 2.25 bits per heavy atom. The van der Waals surface area contributed by atoms with Gasteiger partial charge >= 0.3 is 0 Å². The number of likely N-dealkylation sites (tertiary alicyclic amines) is 1. The molecule has 0 aliphatic carbocycles. The molecule has 1 fully saturated rings. The van der Waals surface area contributed by atoms with Crippen molar-refractivity contribution >= 4 is 5.78 Å². The molecular formula is C19H21FN2O2. The van der Waals surface area contributed by atoms with Gasteiger partial charge in [-0.05, 0) is 49.7 Å². The molecule has 0 unspecified atom stereocenters. The molecule has 4 nitrogen and oxygen atoms in total. The van der Waals surface area contributed by atoms with Crippen molar-refractivity contribution < 1.29 is 13.9 Å². The van der Waals surface area contributed by atoms with Crippen LogP contribution < -0.4 is 4.74 Å². The van der Waals surface area contributed by atoms with Gasteiger partial charge in [0.25, 0.3) is 0 Å². The molecule has 1 aromatic carbocycles. The van der Waals surface area contributed by atoms with Crippen LogP contribution in [-0.4, -0.2) is 35.9 Å². The maximum atomic E-state index is 13.8. The van der Waals surface area contributed by atoms with E-state index in [4.69, 9.17) is 4.74 Å². The second kappa shape index (κ2) is 7.53. The summed E-state index contributed by atoms with van der Waals surface area (Å²) in [7, 11) is 1.41. The first-order valence-electron chi connectivity index (χ1n) is 8.17. The number of pyridine rings is 1. The summed E-state index contributed by atoms with van der Waals surface area (Å²) in [6, 6.07) is 10.3. The van der Waals surface area contributed by atoms with Gasteiger partial charge in [-0.25, -0.2) is 4.39 Å². The highest BCUT2D eigenvalue weighted by Gasteiger charge is 2.27. The molecule has 1 aliphatic rings. The first-order chi connectivity index (χ1) is 11.7. The maximum absolute atomic E-state index is 13.8. The molecule has 0 amide bonds. The van der Waals surface area contributed by atoms with Crippen molar-refractivity contribution in [2.75, 3.05) is 20.2 Å². The molecule has 2 aromatic rings. The zero-order valence-electron chi connectivity index (χ0n) is 13.7. The van der Waals surface area contributed by atoms with E-state index in [0.29, 0.717) is 12.1 Å². The van der Waals surface area contributed by atoms with E-state index in [1.807, 2.05) is 18.2 Å². The van der Waals surface area contributed by atoms with Gasteiger partial charge in [-0.2, -0.15) is 0 Å². The highest BCUT2D eigenvalue weighted by molar-refractivity contribution is 5.98. The summed E-state index contributed by atoms with van der Waals surface area (Å²) in [6.45, 7) is 2.38. The molecule has 1 aromatic heterocycles. The van der Waals surface area contributed by atoms with Crippen LogP contribution >= 0.6 is 0 Å². The van der Waals surface area contributed by atoms with Gasteiger partial charge in [-0.3, -0.25) is 14.7 Å². The summed E-state index contributed by atoms with van der Waals surface area (Å²) in [5, 5.41) is 0. The topological polar surface area (TPSA) is 42.4 Å². The Morgan fingerprint density at radius 1 is 1.38 bits per heavy atom. The number of hydrogen-bond donors (Lipinski definition) is 0. The van der Waals surface area contributed by atoms with Crippen LogP contribution in [-0.2, 0) is 6.54 Å². The number of ketones is 1. The van der Waals surface area contributed by atoms with Crippen LogP contribution in [0.4, 0.5) is 4.39 Å². The van der Waals surface area contributed by atoms with Crippen molar-refractivity contribution in [3.05, 3.63) is 59.7 Å². The minimum absolute atomic E-state index is 0.00211. The Kier molecular flexibility index (Phi) is 5.20. The summed E-state index contributed by atoms with van der Waals surface area (Å²) >= 11 is 0. The summed E-state index contributed by atoms with van der Waals surface area (Å²) in [5.74, 6) is -0.436. The molecule has 5 heteroatoms. The second-order valence-electron chi connectivity index (χ2n) is 6.11. The fraction of sp³-hybridized carbons (Fsp3) is 0.368. The quantitative estimate of drug-likeness (QED) is 0.790. The van der Waals surface area contributed by atoms with Gasteiger partial charge in [0.1, 0.15) is 0 Å². The van der Waals surface area contributed by atoms with Crippen molar-refractivity contribution in [3.63, 3.8) is 0 Å². The molecule has 1 aliphatic heterocycles. The third kappa shape index (κ3) is 3.79. The van der Waals surface area contributed by atoms with Gasteiger partial charge in [-0.15, -0.1) is 0 Å². The summed E-state index contributed by atoms with van der Waals surface area (Å²) in [5.41, 5.74) is 1.42. The number of carbonyl (C=O) groups excluding carboxylic acids is 1. The summed E-state index contributed by atoms with van der Waals surface area (Å²) in [4.78, 5) is 19.3. The number of nitrogens with zero attached hydrogens (tertiary/aromatic N) is 2. The predicted molar refractivity (Wildman–Crippen MR) is 89.5 cm³/mol. The lowest BCUT2D eigenvalue weighted by molar-refractivity contribution is 0.0809. The van der Waals surface area contributed by atoms with Crippen LogP contribution in [0, 0.1) is 11.7 Å². The van der Waals surface area contributed by atoms with Crippen molar-refractivity contribution in [2.24, 2.45) is 5.92 Å². The zero-order valence-corrected chi connectivity index (χ0v) is 13.7. The highest BCUT2D eigenvalue weighted by atomic mass is 19.1. The molecule has 3 rings (SSSR count). The molecule has 126 valence electrons. The van der Waals surface area contributed by atoms with E-state index < -0.39 is 5.82 Å². The number of Topliss-reactive ketones (excluding diaryl/α,β-unsaturated/α-hetero) is 1. The number of methoxy groups -OCH3 is 1. The van der Waals surface area contributed by atoms with Gasteiger partial charge in [0.15, 0.2) is 17.3 Å². The molecule has 0 saturated carbocycles. The van der Waals surface area contributed by atoms with Crippen molar-refractivity contribution in [1.82, 2.24) is 9.88 Å². The van der Waals surface area contributed by atoms with E-state index in [2.05, 4.69) is 9.88 Å². The van der Waals surface area contributed by atoms with Crippen LogP contribution in [0.5, 0.6) is 5.75 Å². The Bertz CT molecular complexity index is 706. The minimum Gasteiger partial charge on any atom is -0.494 e. The van der Waals surface area contributed by atoms with Crippen molar-refractivity contribution in [1.29, 1.82) is 0 Å². The third-order valence-corrected chi connectivity index (χ3v) is 4.42. The van der Waals surface area contributed by atoms with Gasteiger partial charge < -0.3 is 4.74 Å². The first kappa shape index (κ1) is 16.6. The Hall–Kier alpha value is -2.27. The Morgan fingerprint density at radius 3 is 2.96 bits per heavy atom. The van der Waals surface area contributed by atoms with Crippen molar-refractivity contribution in [3.8, 4) is 5.75 Å². The van der Waals surface area contributed by atoms with Gasteiger partial charge in [0, 0.05) is 30.8 Å². The number of halogens is 1. The number of aromatic nitrogens is 1. The lowest BCUT2D eigenvalue weighted by atomic mass is 9.90. The number of hydrogen-bond acceptors (Lipinski definition) is 4. The highest BCUT2D eigenvalue weighted by Crippen LogP contribution is 2.24. The minimum atomic E-state index is -0.496. The third-order valence-electron chi connectivity index (χ3n) is 4.42. The van der Waals surface area contributed by atoms with Gasteiger partial charge in [0.2, 0.25) is 0 Å². The summed E-state index contributed by atoms with van der Waals surface area (Å²) in [6.07, 6.45) is 3.58. The molecule has 0 radical (unpaired) electrons. The van der Waals surface area contributed by atoms with E-state index in [-0.39, 0.29) is 17.5 Å². The molecule has 1 saturated heterocycles. The van der Waals surface area contributed by atoms with Crippen LogP contribution in [0.1, 0.15) is 28.9 Å². The van der Waals surface area contributed by atoms with E-state index in [1.54, 1.807) is 12.3 Å².